The summed E-state index contributed by atoms with van der Waals surface area (Å²) in [5.41, 5.74) is 0. The highest BCUT2D eigenvalue weighted by Crippen LogP contribution is 2.62. The molecule has 96 valence electrons. The molecule has 1 heterocycles. The van der Waals surface area contributed by atoms with Crippen LogP contribution in [0.2, 0.25) is 0 Å². The minimum Gasteiger partial charge on any atom is -0.204 e. The van der Waals surface area contributed by atoms with Crippen molar-refractivity contribution in [2.75, 3.05) is 5.75 Å². The lowest BCUT2D eigenvalue weighted by atomic mass is 9.94. The summed E-state index contributed by atoms with van der Waals surface area (Å²) in [5, 5.41) is 0. The number of hydrogen-bond donors (Lipinski definition) is 0. The summed E-state index contributed by atoms with van der Waals surface area (Å²) >= 11 is -0.769. The first-order valence-corrected chi connectivity index (χ1v) is 5.09. The molecule has 0 N–H and O–H groups in total. The third-order valence-electron chi connectivity index (χ3n) is 2.27. The molecule has 16 heavy (non-hydrogen) atoms. The Bertz CT molecular complexity index is 251. The maximum atomic E-state index is 13.1. The number of thioether (sulfide) groups is 1. The molecule has 0 atom stereocenters. The predicted molar refractivity (Wildman–Crippen MR) is 41.5 cm³/mol. The molecule has 0 aliphatic carbocycles. The average molecular weight is 274 g/mol. The van der Waals surface area contributed by atoms with Crippen molar-refractivity contribution in [1.29, 1.82) is 0 Å². The zero-order valence-corrected chi connectivity index (χ0v) is 8.37. The molecule has 1 saturated heterocycles. The van der Waals surface area contributed by atoms with Gasteiger partial charge in [-0.3, -0.25) is 0 Å². The molecule has 0 bridgehead atoms. The Kier molecular flexibility index (Phi) is 3.15. The van der Waals surface area contributed by atoms with Gasteiger partial charge in [0, 0.05) is 6.42 Å². The van der Waals surface area contributed by atoms with Crippen LogP contribution in [0.15, 0.2) is 0 Å². The minimum atomic E-state index is -6.03. The smallest absolute Gasteiger partial charge is 0.204 e. The maximum absolute atomic E-state index is 13.1. The number of alkyl halides is 8. The highest BCUT2D eigenvalue weighted by molar-refractivity contribution is 8.00. The molecule has 1 rings (SSSR count). The van der Waals surface area contributed by atoms with Crippen LogP contribution >= 0.6 is 11.8 Å². The summed E-state index contributed by atoms with van der Waals surface area (Å²) in [6.07, 6.45) is -13.8. The van der Waals surface area contributed by atoms with Crippen LogP contribution in [-0.4, -0.2) is 28.8 Å². The average Bonchev–Trinajstić information content (AvgIpc) is 1.97. The molecule has 9 heteroatoms. The van der Waals surface area contributed by atoms with Crippen molar-refractivity contribution in [3.8, 4) is 0 Å². The van der Waals surface area contributed by atoms with E-state index < -0.39 is 47.0 Å². The standard InChI is InChI=1S/C7H6F8S/c8-4(9)2-1-3-16-5(4,6(10,11)12)7(13,14)15/h1-3H2. The summed E-state index contributed by atoms with van der Waals surface area (Å²) in [6.45, 7) is 0. The second-order valence-corrected chi connectivity index (χ2v) is 4.64. The normalized spacial score (nSPS) is 25.5. The van der Waals surface area contributed by atoms with Gasteiger partial charge < -0.3 is 0 Å². The van der Waals surface area contributed by atoms with Crippen molar-refractivity contribution in [2.45, 2.75) is 35.9 Å². The van der Waals surface area contributed by atoms with Gasteiger partial charge >= 0.3 is 12.4 Å². The highest BCUT2D eigenvalue weighted by atomic mass is 32.2. The molecule has 0 unspecified atom stereocenters. The van der Waals surface area contributed by atoms with E-state index >= 15 is 0 Å². The van der Waals surface area contributed by atoms with Gasteiger partial charge in [0.2, 0.25) is 0 Å². The SMILES string of the molecule is FC(F)(F)C1(C(F)(F)F)SCCCC1(F)F. The lowest BCUT2D eigenvalue weighted by Crippen LogP contribution is -2.66. The number of rotatable bonds is 0. The molecule has 0 spiro atoms. The zero-order chi connectivity index (χ0) is 12.8. The molecule has 0 aromatic rings. The van der Waals surface area contributed by atoms with Gasteiger partial charge in [0.05, 0.1) is 0 Å². The first-order valence-electron chi connectivity index (χ1n) is 4.11. The second kappa shape index (κ2) is 3.64. The van der Waals surface area contributed by atoms with E-state index in [-0.39, 0.29) is 6.42 Å². The first kappa shape index (κ1) is 13.9. The fraction of sp³-hybridized carbons (Fsp3) is 1.00. The van der Waals surface area contributed by atoms with Crippen LogP contribution < -0.4 is 0 Å². The van der Waals surface area contributed by atoms with E-state index in [1.54, 1.807) is 0 Å². The second-order valence-electron chi connectivity index (χ2n) is 3.33. The summed E-state index contributed by atoms with van der Waals surface area (Å²) in [6, 6.07) is 0. The Labute approximate surface area is 89.4 Å². The van der Waals surface area contributed by atoms with E-state index in [4.69, 9.17) is 0 Å². The van der Waals surface area contributed by atoms with E-state index in [0.717, 1.165) is 0 Å². The van der Waals surface area contributed by atoms with Crippen LogP contribution in [0, 0.1) is 0 Å². The fourth-order valence-corrected chi connectivity index (χ4v) is 2.78. The van der Waals surface area contributed by atoms with Gasteiger partial charge in [0.15, 0.2) is 0 Å². The van der Waals surface area contributed by atoms with Crippen molar-refractivity contribution >= 4 is 11.8 Å². The Hall–Kier alpha value is -0.210. The van der Waals surface area contributed by atoms with Crippen LogP contribution in [0.1, 0.15) is 12.8 Å². The van der Waals surface area contributed by atoms with Gasteiger partial charge in [-0.2, -0.15) is 26.3 Å². The predicted octanol–water partition coefficient (Wildman–Crippen LogP) is 4.01. The lowest BCUT2D eigenvalue weighted by Gasteiger charge is -2.44. The van der Waals surface area contributed by atoms with Gasteiger partial charge in [0.1, 0.15) is 0 Å². The van der Waals surface area contributed by atoms with Crippen molar-refractivity contribution in [1.82, 2.24) is 0 Å². The summed E-state index contributed by atoms with van der Waals surface area (Å²) in [5.74, 6) is -5.42. The molecule has 0 aromatic carbocycles. The molecular formula is C7H6F8S. The van der Waals surface area contributed by atoms with E-state index in [9.17, 15) is 35.1 Å². The summed E-state index contributed by atoms with van der Waals surface area (Å²) in [7, 11) is 0. The van der Waals surface area contributed by atoms with E-state index in [0.29, 0.717) is 0 Å². The van der Waals surface area contributed by atoms with Crippen molar-refractivity contribution in [3.63, 3.8) is 0 Å². The molecule has 1 aliphatic rings. The van der Waals surface area contributed by atoms with E-state index in [1.807, 2.05) is 0 Å². The third-order valence-corrected chi connectivity index (χ3v) is 3.95. The van der Waals surface area contributed by atoms with Crippen LogP contribution in [0.25, 0.3) is 0 Å². The Balaban J connectivity index is 3.34. The third kappa shape index (κ3) is 1.76. The van der Waals surface area contributed by atoms with Crippen LogP contribution in [0.4, 0.5) is 35.1 Å². The maximum Gasteiger partial charge on any atom is 0.418 e. The zero-order valence-electron chi connectivity index (χ0n) is 7.55. The molecular weight excluding hydrogens is 268 g/mol. The van der Waals surface area contributed by atoms with Crippen molar-refractivity contribution in [3.05, 3.63) is 0 Å². The molecule has 0 amide bonds. The lowest BCUT2D eigenvalue weighted by molar-refractivity contribution is -0.318. The molecule has 0 saturated carbocycles. The van der Waals surface area contributed by atoms with Crippen molar-refractivity contribution < 1.29 is 35.1 Å². The van der Waals surface area contributed by atoms with Crippen molar-refractivity contribution in [2.24, 2.45) is 0 Å². The molecule has 0 nitrogen and oxygen atoms in total. The summed E-state index contributed by atoms with van der Waals surface area (Å²) < 4.78 is 95.3. The van der Waals surface area contributed by atoms with Crippen LogP contribution in [-0.2, 0) is 0 Å². The Morgan fingerprint density at radius 2 is 1.31 bits per heavy atom. The highest BCUT2D eigenvalue weighted by Gasteiger charge is 2.82. The summed E-state index contributed by atoms with van der Waals surface area (Å²) in [4.78, 5) is 0. The van der Waals surface area contributed by atoms with Crippen LogP contribution in [0.5, 0.6) is 0 Å². The van der Waals surface area contributed by atoms with Crippen LogP contribution in [0.3, 0.4) is 0 Å². The van der Waals surface area contributed by atoms with Gasteiger partial charge in [-0.05, 0) is 12.2 Å². The fourth-order valence-electron chi connectivity index (χ4n) is 1.54. The largest absolute Gasteiger partial charge is 0.418 e. The Morgan fingerprint density at radius 3 is 1.56 bits per heavy atom. The van der Waals surface area contributed by atoms with Gasteiger partial charge in [-0.15, -0.1) is 11.8 Å². The molecule has 0 aromatic heterocycles. The number of halogens is 8. The van der Waals surface area contributed by atoms with Gasteiger partial charge in [-0.1, -0.05) is 0 Å². The number of hydrogen-bond acceptors (Lipinski definition) is 1. The van der Waals surface area contributed by atoms with E-state index in [2.05, 4.69) is 0 Å². The minimum absolute atomic E-state index is 0.369. The van der Waals surface area contributed by atoms with Gasteiger partial charge in [-0.25, -0.2) is 8.78 Å². The quantitative estimate of drug-likeness (QED) is 0.601. The molecule has 0 radical (unpaired) electrons. The Morgan fingerprint density at radius 1 is 0.875 bits per heavy atom. The van der Waals surface area contributed by atoms with E-state index in [1.165, 1.54) is 0 Å². The molecule has 1 fully saturated rings. The van der Waals surface area contributed by atoms with Gasteiger partial charge in [0.25, 0.3) is 10.7 Å². The monoisotopic (exact) mass is 274 g/mol. The topological polar surface area (TPSA) is 0 Å². The first-order chi connectivity index (χ1) is 6.96. The molecule has 1 aliphatic heterocycles.